The molecule has 0 saturated carbocycles. The Hall–Kier alpha value is -4.39. The first-order chi connectivity index (χ1) is 14.3. The number of fused-ring (bicyclic) bond motifs is 1. The van der Waals surface area contributed by atoms with Crippen molar-refractivity contribution < 1.29 is 34.8 Å². The van der Waals surface area contributed by atoms with Crippen molar-refractivity contribution in [1.82, 2.24) is 0 Å². The molecule has 0 amide bonds. The number of carbonyl (C=O) groups is 3. The van der Waals surface area contributed by atoms with E-state index in [1.165, 1.54) is 36.4 Å². The molecular weight excluding hydrogens is 388 g/mol. The maximum Gasteiger partial charge on any atom is 0.200 e. The summed E-state index contributed by atoms with van der Waals surface area (Å²) in [4.78, 5) is 34.4. The van der Waals surface area contributed by atoms with Crippen molar-refractivity contribution in [1.29, 1.82) is 0 Å². The summed E-state index contributed by atoms with van der Waals surface area (Å²) in [6.45, 7) is 0. The Balaban J connectivity index is 0.000000184. The molecule has 0 unspecified atom stereocenters. The predicted molar refractivity (Wildman–Crippen MR) is 107 cm³/mol. The van der Waals surface area contributed by atoms with Gasteiger partial charge in [0.1, 0.15) is 23.0 Å². The summed E-state index contributed by atoms with van der Waals surface area (Å²) >= 11 is 0. The van der Waals surface area contributed by atoms with E-state index >= 15 is 0 Å². The zero-order valence-electron chi connectivity index (χ0n) is 15.4. The van der Waals surface area contributed by atoms with E-state index in [1.54, 1.807) is 24.3 Å². The third kappa shape index (κ3) is 4.20. The molecule has 7 nitrogen and oxygen atoms in total. The monoisotopic (exact) mass is 404 g/mol. The van der Waals surface area contributed by atoms with Gasteiger partial charge in [-0.05, 0) is 36.4 Å². The van der Waals surface area contributed by atoms with Gasteiger partial charge in [-0.3, -0.25) is 14.4 Å². The highest BCUT2D eigenvalue weighted by Gasteiger charge is 2.18. The largest absolute Gasteiger partial charge is 0.508 e. The Labute approximate surface area is 170 Å². The summed E-state index contributed by atoms with van der Waals surface area (Å²) in [5.41, 5.74) is 0.914. The minimum Gasteiger partial charge on any atom is -0.508 e. The van der Waals surface area contributed by atoms with Gasteiger partial charge >= 0.3 is 0 Å². The van der Waals surface area contributed by atoms with Crippen LogP contribution in [0.4, 0.5) is 0 Å². The number of benzene rings is 3. The van der Waals surface area contributed by atoms with Crippen molar-refractivity contribution in [2.24, 2.45) is 0 Å². The van der Waals surface area contributed by atoms with Gasteiger partial charge in [-0.15, -0.1) is 0 Å². The van der Waals surface area contributed by atoms with E-state index in [0.29, 0.717) is 11.1 Å². The van der Waals surface area contributed by atoms with Gasteiger partial charge in [0.25, 0.3) is 0 Å². The third-order valence-corrected chi connectivity index (χ3v) is 4.30. The predicted octanol–water partition coefficient (Wildman–Crippen LogP) is 3.36. The third-order valence-electron chi connectivity index (χ3n) is 4.30. The van der Waals surface area contributed by atoms with Crippen molar-refractivity contribution in [3.8, 4) is 23.0 Å². The van der Waals surface area contributed by atoms with Gasteiger partial charge < -0.3 is 20.4 Å². The first kappa shape index (κ1) is 20.3. The normalized spacial score (nSPS) is 12.0. The van der Waals surface area contributed by atoms with Crippen molar-refractivity contribution in [2.75, 3.05) is 0 Å². The van der Waals surface area contributed by atoms with Crippen molar-refractivity contribution >= 4 is 17.3 Å². The number of hydrogen-bond acceptors (Lipinski definition) is 7. The Bertz CT molecular complexity index is 1100. The summed E-state index contributed by atoms with van der Waals surface area (Å²) in [6.07, 6.45) is 2.62. The fourth-order valence-electron chi connectivity index (χ4n) is 2.81. The molecular formula is C23H16O7. The lowest BCUT2D eigenvalue weighted by Gasteiger charge is -2.06. The summed E-state index contributed by atoms with van der Waals surface area (Å²) in [7, 11) is 0. The lowest BCUT2D eigenvalue weighted by molar-refractivity contribution is 0.0994. The highest BCUT2D eigenvalue weighted by atomic mass is 16.3. The highest BCUT2D eigenvalue weighted by Crippen LogP contribution is 2.29. The summed E-state index contributed by atoms with van der Waals surface area (Å²) in [5.74, 6) is -1.89. The first-order valence-electron chi connectivity index (χ1n) is 8.72. The number of carbonyl (C=O) groups excluding carboxylic acids is 3. The molecule has 0 aliphatic heterocycles. The van der Waals surface area contributed by atoms with Gasteiger partial charge in [0.15, 0.2) is 17.3 Å². The molecule has 150 valence electrons. The second-order valence-electron chi connectivity index (χ2n) is 6.34. The average Bonchev–Trinajstić information content (AvgIpc) is 2.71. The molecule has 0 atom stereocenters. The lowest BCUT2D eigenvalue weighted by Crippen LogP contribution is -2.10. The molecule has 7 heteroatoms. The number of phenols is 4. The number of hydrogen-bond donors (Lipinski definition) is 4. The fraction of sp³-hybridized carbons (Fsp3) is 0. The standard InChI is InChI=1S/C13H10O5.C10H6O2/c14-7-1-3-9(11(16)5-7)13(18)10-4-2-8(15)6-12(10)17;11-9-5-6-10(12)8-4-2-1-3-7(8)9/h1-6,14-17H;1-6H. The first-order valence-corrected chi connectivity index (χ1v) is 8.72. The molecule has 4 N–H and O–H groups in total. The number of phenolic OH excluding ortho intramolecular Hbond substituents is 4. The molecule has 0 spiro atoms. The molecule has 3 aromatic carbocycles. The summed E-state index contributed by atoms with van der Waals surface area (Å²) < 4.78 is 0. The molecule has 1 aliphatic carbocycles. The molecule has 0 saturated heterocycles. The topological polar surface area (TPSA) is 132 Å². The number of rotatable bonds is 2. The molecule has 0 bridgehead atoms. The zero-order chi connectivity index (χ0) is 21.8. The van der Waals surface area contributed by atoms with Crippen LogP contribution in [0.2, 0.25) is 0 Å². The maximum atomic E-state index is 12.0. The van der Waals surface area contributed by atoms with Crippen molar-refractivity contribution in [3.63, 3.8) is 0 Å². The van der Waals surface area contributed by atoms with E-state index in [1.807, 2.05) is 0 Å². The molecule has 0 aromatic heterocycles. The van der Waals surface area contributed by atoms with Gasteiger partial charge in [0, 0.05) is 23.3 Å². The Morgan fingerprint density at radius 3 is 1.37 bits per heavy atom. The Kier molecular flexibility index (Phi) is 5.64. The van der Waals surface area contributed by atoms with Crippen LogP contribution in [0.1, 0.15) is 36.6 Å². The van der Waals surface area contributed by atoms with Crippen LogP contribution in [0.25, 0.3) is 0 Å². The minimum absolute atomic E-state index is 0.0474. The van der Waals surface area contributed by atoms with E-state index in [0.717, 1.165) is 12.1 Å². The van der Waals surface area contributed by atoms with E-state index in [4.69, 9.17) is 10.2 Å². The molecule has 0 fully saturated rings. The van der Waals surface area contributed by atoms with Crippen LogP contribution in [0.5, 0.6) is 23.0 Å². The van der Waals surface area contributed by atoms with Crippen LogP contribution in [0.3, 0.4) is 0 Å². The fourth-order valence-corrected chi connectivity index (χ4v) is 2.81. The summed E-state index contributed by atoms with van der Waals surface area (Å²) in [6, 6.07) is 13.9. The molecule has 4 rings (SSSR count). The Morgan fingerprint density at radius 1 is 0.600 bits per heavy atom. The smallest absolute Gasteiger partial charge is 0.200 e. The average molecular weight is 404 g/mol. The van der Waals surface area contributed by atoms with Gasteiger partial charge in [0.05, 0.1) is 11.1 Å². The molecule has 30 heavy (non-hydrogen) atoms. The maximum absolute atomic E-state index is 12.0. The van der Waals surface area contributed by atoms with E-state index in [2.05, 4.69) is 0 Å². The van der Waals surface area contributed by atoms with E-state index in [9.17, 15) is 24.6 Å². The van der Waals surface area contributed by atoms with Crippen LogP contribution in [0.15, 0.2) is 72.8 Å². The van der Waals surface area contributed by atoms with Crippen molar-refractivity contribution in [3.05, 3.63) is 95.1 Å². The second kappa shape index (κ2) is 8.32. The zero-order valence-corrected chi connectivity index (χ0v) is 15.4. The second-order valence-corrected chi connectivity index (χ2v) is 6.34. The molecule has 0 radical (unpaired) electrons. The highest BCUT2D eigenvalue weighted by molar-refractivity contribution is 6.21. The quantitative estimate of drug-likeness (QED) is 0.482. The van der Waals surface area contributed by atoms with Gasteiger partial charge in [-0.2, -0.15) is 0 Å². The molecule has 3 aromatic rings. The van der Waals surface area contributed by atoms with Gasteiger partial charge in [0.2, 0.25) is 0 Å². The summed E-state index contributed by atoms with van der Waals surface area (Å²) in [5, 5.41) is 37.4. The van der Waals surface area contributed by atoms with Crippen LogP contribution < -0.4 is 0 Å². The van der Waals surface area contributed by atoms with Gasteiger partial charge in [-0.25, -0.2) is 0 Å². The van der Waals surface area contributed by atoms with Gasteiger partial charge in [-0.1, -0.05) is 24.3 Å². The minimum atomic E-state index is -0.606. The van der Waals surface area contributed by atoms with Crippen molar-refractivity contribution in [2.45, 2.75) is 0 Å². The van der Waals surface area contributed by atoms with E-state index < -0.39 is 5.78 Å². The SMILES string of the molecule is O=C(c1ccc(O)cc1O)c1ccc(O)cc1O.O=C1C=CC(=O)c2ccccc21. The molecule has 1 aliphatic rings. The van der Waals surface area contributed by atoms with Crippen LogP contribution in [0, 0.1) is 0 Å². The number of allylic oxidation sites excluding steroid dienone is 2. The lowest BCUT2D eigenvalue weighted by atomic mass is 9.95. The number of aromatic hydroxyl groups is 4. The number of ketones is 3. The Morgan fingerprint density at radius 2 is 1.00 bits per heavy atom. The van der Waals surface area contributed by atoms with Crippen LogP contribution in [-0.2, 0) is 0 Å². The molecule has 0 heterocycles. The van der Waals surface area contributed by atoms with Crippen LogP contribution in [-0.4, -0.2) is 37.8 Å². The van der Waals surface area contributed by atoms with Crippen LogP contribution >= 0.6 is 0 Å². The van der Waals surface area contributed by atoms with E-state index in [-0.39, 0.29) is 45.7 Å².